The van der Waals surface area contributed by atoms with Gasteiger partial charge in [0.05, 0.1) is 6.42 Å². The molecule has 0 saturated carbocycles. The Labute approximate surface area is 118 Å². The molecular weight excluding hydrogens is 252 g/mol. The summed E-state index contributed by atoms with van der Waals surface area (Å²) in [5, 5.41) is 4.37. The number of pyridine rings is 1. The minimum absolute atomic E-state index is 0.182. The molecule has 2 N–H and O–H groups in total. The Hall–Kier alpha value is -1.88. The van der Waals surface area contributed by atoms with Gasteiger partial charge >= 0.3 is 0 Å². The highest BCUT2D eigenvalue weighted by molar-refractivity contribution is 5.87. The lowest BCUT2D eigenvalue weighted by Crippen LogP contribution is -2.44. The van der Waals surface area contributed by atoms with Gasteiger partial charge in [-0.25, -0.2) is 4.98 Å². The van der Waals surface area contributed by atoms with Crippen LogP contribution in [0.25, 0.3) is 11.0 Å². The molecule has 0 aliphatic carbocycles. The van der Waals surface area contributed by atoms with Gasteiger partial charge in [-0.15, -0.1) is 0 Å². The number of likely N-dealkylation sites (N-methyl/N-ethyl adjacent to an activating group) is 1. The van der Waals surface area contributed by atoms with Crippen molar-refractivity contribution in [3.63, 3.8) is 0 Å². The summed E-state index contributed by atoms with van der Waals surface area (Å²) < 4.78 is 0. The first-order chi connectivity index (χ1) is 9.75. The van der Waals surface area contributed by atoms with Gasteiger partial charge in [0.15, 0.2) is 0 Å². The number of carbonyl (C=O) groups excluding carboxylic acids is 1. The van der Waals surface area contributed by atoms with E-state index in [1.165, 1.54) is 0 Å². The van der Waals surface area contributed by atoms with Gasteiger partial charge in [-0.2, -0.15) is 0 Å². The normalized spacial score (nSPS) is 16.4. The highest BCUT2D eigenvalue weighted by Crippen LogP contribution is 2.18. The van der Waals surface area contributed by atoms with Crippen molar-refractivity contribution in [3.05, 3.63) is 30.1 Å². The largest absolute Gasteiger partial charge is 0.346 e. The summed E-state index contributed by atoms with van der Waals surface area (Å²) in [4.78, 5) is 21.7. The lowest BCUT2D eigenvalue weighted by atomic mass is 10.0. The molecule has 0 unspecified atom stereocenters. The summed E-state index contributed by atoms with van der Waals surface area (Å²) in [5.41, 5.74) is 1.87. The molecule has 5 heteroatoms. The van der Waals surface area contributed by atoms with E-state index in [0.717, 1.165) is 42.5 Å². The maximum absolute atomic E-state index is 12.4. The molecule has 0 bridgehead atoms. The zero-order valence-corrected chi connectivity index (χ0v) is 11.7. The topological polar surface area (TPSA) is 61.0 Å². The molecule has 20 heavy (non-hydrogen) atoms. The fraction of sp³-hybridized carbons (Fsp3) is 0.467. The fourth-order valence-electron chi connectivity index (χ4n) is 2.84. The Morgan fingerprint density at radius 3 is 3.05 bits per heavy atom. The van der Waals surface area contributed by atoms with Crippen LogP contribution in [0.15, 0.2) is 24.5 Å². The van der Waals surface area contributed by atoms with Crippen LogP contribution >= 0.6 is 0 Å². The van der Waals surface area contributed by atoms with Crippen molar-refractivity contribution in [2.45, 2.75) is 25.3 Å². The van der Waals surface area contributed by atoms with E-state index in [2.05, 4.69) is 15.3 Å². The molecule has 5 nitrogen and oxygen atoms in total. The van der Waals surface area contributed by atoms with Crippen LogP contribution in [0.4, 0.5) is 0 Å². The summed E-state index contributed by atoms with van der Waals surface area (Å²) >= 11 is 0. The van der Waals surface area contributed by atoms with Crippen LogP contribution in [0.5, 0.6) is 0 Å². The van der Waals surface area contributed by atoms with E-state index in [1.807, 2.05) is 30.3 Å². The van der Waals surface area contributed by atoms with Crippen LogP contribution in [0.2, 0.25) is 0 Å². The van der Waals surface area contributed by atoms with Gasteiger partial charge in [0.2, 0.25) is 5.91 Å². The van der Waals surface area contributed by atoms with Crippen molar-refractivity contribution in [2.24, 2.45) is 0 Å². The van der Waals surface area contributed by atoms with Crippen LogP contribution in [0.1, 0.15) is 18.4 Å². The maximum atomic E-state index is 12.4. The molecule has 1 saturated heterocycles. The van der Waals surface area contributed by atoms with E-state index in [9.17, 15) is 4.79 Å². The number of hydrogen-bond donors (Lipinski definition) is 2. The SMILES string of the molecule is CN(C(=O)Cc1c[nH]c2ncccc12)C1CCNCC1. The highest BCUT2D eigenvalue weighted by atomic mass is 16.2. The molecule has 3 heterocycles. The van der Waals surface area contributed by atoms with Crippen molar-refractivity contribution in [2.75, 3.05) is 20.1 Å². The minimum atomic E-state index is 0.182. The third-order valence-electron chi connectivity index (χ3n) is 4.13. The summed E-state index contributed by atoms with van der Waals surface area (Å²) in [6.45, 7) is 2.00. The Kier molecular flexibility index (Phi) is 3.69. The van der Waals surface area contributed by atoms with Gasteiger partial charge in [0.25, 0.3) is 0 Å². The van der Waals surface area contributed by atoms with Gasteiger partial charge in [0.1, 0.15) is 5.65 Å². The van der Waals surface area contributed by atoms with Gasteiger partial charge in [0, 0.05) is 30.9 Å². The Morgan fingerprint density at radius 1 is 1.45 bits per heavy atom. The summed E-state index contributed by atoms with van der Waals surface area (Å²) in [6, 6.07) is 4.28. The number of amides is 1. The fourth-order valence-corrected chi connectivity index (χ4v) is 2.84. The number of hydrogen-bond acceptors (Lipinski definition) is 3. The molecule has 1 aliphatic rings. The van der Waals surface area contributed by atoms with E-state index in [4.69, 9.17) is 0 Å². The molecule has 1 aliphatic heterocycles. The molecular formula is C15H20N4O. The zero-order valence-electron chi connectivity index (χ0n) is 11.7. The maximum Gasteiger partial charge on any atom is 0.227 e. The minimum Gasteiger partial charge on any atom is -0.346 e. The summed E-state index contributed by atoms with van der Waals surface area (Å²) in [5.74, 6) is 0.182. The number of carbonyl (C=O) groups is 1. The first kappa shape index (κ1) is 13.1. The van der Waals surface area contributed by atoms with Crippen molar-refractivity contribution < 1.29 is 4.79 Å². The Bertz CT molecular complexity index is 601. The third kappa shape index (κ3) is 2.54. The first-order valence-corrected chi connectivity index (χ1v) is 7.13. The number of H-pyrrole nitrogens is 1. The Morgan fingerprint density at radius 2 is 2.25 bits per heavy atom. The van der Waals surface area contributed by atoms with Crippen LogP contribution in [0.3, 0.4) is 0 Å². The average molecular weight is 272 g/mol. The second-order valence-corrected chi connectivity index (χ2v) is 5.38. The van der Waals surface area contributed by atoms with Crippen molar-refractivity contribution in [1.29, 1.82) is 0 Å². The van der Waals surface area contributed by atoms with Gasteiger partial charge in [-0.1, -0.05) is 0 Å². The van der Waals surface area contributed by atoms with Gasteiger partial charge in [-0.05, 0) is 43.6 Å². The molecule has 2 aromatic heterocycles. The van der Waals surface area contributed by atoms with Crippen molar-refractivity contribution in [1.82, 2.24) is 20.2 Å². The quantitative estimate of drug-likeness (QED) is 0.886. The van der Waals surface area contributed by atoms with E-state index < -0.39 is 0 Å². The molecule has 0 atom stereocenters. The molecule has 0 radical (unpaired) electrons. The number of piperidine rings is 1. The van der Waals surface area contributed by atoms with Crippen molar-refractivity contribution >= 4 is 16.9 Å². The molecule has 3 rings (SSSR count). The number of fused-ring (bicyclic) bond motifs is 1. The van der Waals surface area contributed by atoms with Crippen LogP contribution in [0, 0.1) is 0 Å². The number of nitrogens with one attached hydrogen (secondary N) is 2. The number of aromatic nitrogens is 2. The van der Waals surface area contributed by atoms with E-state index in [1.54, 1.807) is 6.20 Å². The third-order valence-corrected chi connectivity index (χ3v) is 4.13. The number of rotatable bonds is 3. The number of nitrogens with zero attached hydrogens (tertiary/aromatic N) is 2. The second kappa shape index (κ2) is 5.63. The van der Waals surface area contributed by atoms with Crippen LogP contribution in [-0.2, 0) is 11.2 Å². The van der Waals surface area contributed by atoms with Crippen molar-refractivity contribution in [3.8, 4) is 0 Å². The van der Waals surface area contributed by atoms with E-state index in [0.29, 0.717) is 12.5 Å². The molecule has 1 fully saturated rings. The molecule has 0 spiro atoms. The van der Waals surface area contributed by atoms with E-state index >= 15 is 0 Å². The second-order valence-electron chi connectivity index (χ2n) is 5.38. The molecule has 0 aromatic carbocycles. The first-order valence-electron chi connectivity index (χ1n) is 7.13. The molecule has 2 aromatic rings. The average Bonchev–Trinajstić information content (AvgIpc) is 2.91. The summed E-state index contributed by atoms with van der Waals surface area (Å²) in [7, 11) is 1.92. The van der Waals surface area contributed by atoms with Gasteiger partial charge in [-0.3, -0.25) is 4.79 Å². The predicted molar refractivity (Wildman–Crippen MR) is 78.5 cm³/mol. The number of aromatic amines is 1. The lowest BCUT2D eigenvalue weighted by molar-refractivity contribution is -0.131. The van der Waals surface area contributed by atoms with Crippen LogP contribution < -0.4 is 5.32 Å². The smallest absolute Gasteiger partial charge is 0.227 e. The lowest BCUT2D eigenvalue weighted by Gasteiger charge is -2.31. The highest BCUT2D eigenvalue weighted by Gasteiger charge is 2.22. The van der Waals surface area contributed by atoms with Gasteiger partial charge < -0.3 is 15.2 Å². The monoisotopic (exact) mass is 272 g/mol. The van der Waals surface area contributed by atoms with Crippen LogP contribution in [-0.4, -0.2) is 47.0 Å². The Balaban J connectivity index is 1.71. The predicted octanol–water partition coefficient (Wildman–Crippen LogP) is 1.32. The van der Waals surface area contributed by atoms with E-state index in [-0.39, 0.29) is 5.91 Å². The standard InChI is InChI=1S/C15H20N4O/c1-19(12-4-7-16-8-5-12)14(20)9-11-10-18-15-13(11)3-2-6-17-15/h2-3,6,10,12,16H,4-5,7-9H2,1H3,(H,17,18). The summed E-state index contributed by atoms with van der Waals surface area (Å²) in [6.07, 6.45) is 6.17. The molecule has 106 valence electrons. The zero-order chi connectivity index (χ0) is 13.9. The molecule has 1 amide bonds.